The van der Waals surface area contributed by atoms with Crippen molar-refractivity contribution in [1.29, 1.82) is 0 Å². The van der Waals surface area contributed by atoms with E-state index < -0.39 is 0 Å². The monoisotopic (exact) mass is 315 g/mol. The van der Waals surface area contributed by atoms with Gasteiger partial charge in [0.1, 0.15) is 0 Å². The lowest BCUT2D eigenvalue weighted by molar-refractivity contribution is 0.0786. The van der Waals surface area contributed by atoms with Crippen molar-refractivity contribution >= 4 is 34.5 Å². The first-order chi connectivity index (χ1) is 7.91. The molecular weight excluding hydrogens is 298 g/mol. The summed E-state index contributed by atoms with van der Waals surface area (Å²) >= 11 is 7.69. The van der Waals surface area contributed by atoms with E-state index in [2.05, 4.69) is 42.4 Å². The molecule has 0 saturated carbocycles. The van der Waals surface area contributed by atoms with Crippen LogP contribution >= 0.6 is 28.6 Å². The molecule has 0 aliphatic heterocycles. The third kappa shape index (κ3) is 4.36. The second-order valence-corrected chi connectivity index (χ2v) is 5.97. The van der Waals surface area contributed by atoms with E-state index in [1.807, 2.05) is 19.2 Å². The highest BCUT2D eigenvalue weighted by molar-refractivity contribution is 9.10. The third-order valence-corrected chi connectivity index (χ3v) is 3.44. The molecule has 0 N–H and O–H groups in total. The molecule has 0 aliphatic carbocycles. The van der Waals surface area contributed by atoms with Gasteiger partial charge in [0.2, 0.25) is 0 Å². The number of amides is 1. The minimum Gasteiger partial charge on any atom is -0.342 e. The van der Waals surface area contributed by atoms with Crippen molar-refractivity contribution in [1.82, 2.24) is 4.90 Å². The maximum Gasteiger partial charge on any atom is 0.254 e. The number of carbonyl (C=O) groups excluding carboxylic acids is 1. The zero-order valence-corrected chi connectivity index (χ0v) is 12.9. The van der Waals surface area contributed by atoms with E-state index in [4.69, 9.17) is 0 Å². The summed E-state index contributed by atoms with van der Waals surface area (Å²) in [5, 5.41) is 0. The molecule has 0 aromatic heterocycles. The van der Waals surface area contributed by atoms with Crippen LogP contribution in [0.1, 0.15) is 30.6 Å². The van der Waals surface area contributed by atoms with Crippen molar-refractivity contribution in [3.8, 4) is 0 Å². The normalized spacial score (nSPS) is 10.7. The Morgan fingerprint density at radius 3 is 2.65 bits per heavy atom. The van der Waals surface area contributed by atoms with Crippen LogP contribution in [0.5, 0.6) is 0 Å². The predicted molar refractivity (Wildman–Crippen MR) is 77.8 cm³/mol. The number of benzene rings is 1. The van der Waals surface area contributed by atoms with Crippen molar-refractivity contribution in [2.75, 3.05) is 13.6 Å². The zero-order chi connectivity index (χ0) is 13.0. The Hall–Kier alpha value is -0.480. The number of rotatable bonds is 4. The van der Waals surface area contributed by atoms with Crippen LogP contribution in [0.3, 0.4) is 0 Å². The summed E-state index contributed by atoms with van der Waals surface area (Å²) in [6, 6.07) is 5.51. The van der Waals surface area contributed by atoms with E-state index >= 15 is 0 Å². The highest BCUT2D eigenvalue weighted by atomic mass is 79.9. The van der Waals surface area contributed by atoms with Crippen molar-refractivity contribution < 1.29 is 4.79 Å². The van der Waals surface area contributed by atoms with E-state index in [0.29, 0.717) is 16.4 Å². The lowest BCUT2D eigenvalue weighted by atomic mass is 10.1. The molecule has 0 fully saturated rings. The number of carbonyl (C=O) groups is 1. The lowest BCUT2D eigenvalue weighted by Crippen LogP contribution is -2.28. The summed E-state index contributed by atoms with van der Waals surface area (Å²) in [7, 11) is 1.83. The third-order valence-electron chi connectivity index (χ3n) is 2.58. The average molecular weight is 316 g/mol. The average Bonchev–Trinajstić information content (AvgIpc) is 2.25. The summed E-state index contributed by atoms with van der Waals surface area (Å²) in [6.45, 7) is 5.09. The van der Waals surface area contributed by atoms with Crippen LogP contribution in [-0.4, -0.2) is 24.4 Å². The first-order valence-electron chi connectivity index (χ1n) is 5.65. The van der Waals surface area contributed by atoms with Crippen molar-refractivity contribution in [2.45, 2.75) is 25.2 Å². The van der Waals surface area contributed by atoms with E-state index in [1.165, 1.54) is 0 Å². The molecule has 1 rings (SSSR count). The first-order valence-corrected chi connectivity index (χ1v) is 6.89. The predicted octanol–water partition coefficient (Wildman–Crippen LogP) is 3.86. The SMILES string of the molecule is CC(C)CCN(C)C(=O)c1ccc(Br)cc1S. The maximum atomic E-state index is 12.2. The van der Waals surface area contributed by atoms with Crippen molar-refractivity contribution in [3.63, 3.8) is 0 Å². The standard InChI is InChI=1S/C13H18BrNOS/c1-9(2)6-7-15(3)13(16)11-5-4-10(14)8-12(11)17/h4-5,8-9,17H,6-7H2,1-3H3. The molecule has 0 atom stereocenters. The number of hydrogen-bond donors (Lipinski definition) is 1. The van der Waals surface area contributed by atoms with E-state index in [9.17, 15) is 4.79 Å². The Kier molecular flexibility index (Phi) is 5.53. The molecular formula is C13H18BrNOS. The Balaban J connectivity index is 2.75. The largest absolute Gasteiger partial charge is 0.342 e. The van der Waals surface area contributed by atoms with Gasteiger partial charge in [-0.1, -0.05) is 29.8 Å². The topological polar surface area (TPSA) is 20.3 Å². The molecule has 0 saturated heterocycles. The second-order valence-electron chi connectivity index (χ2n) is 4.57. The Labute approximate surface area is 117 Å². The van der Waals surface area contributed by atoms with Crippen LogP contribution in [0, 0.1) is 5.92 Å². The lowest BCUT2D eigenvalue weighted by Gasteiger charge is -2.19. The maximum absolute atomic E-state index is 12.2. The molecule has 0 radical (unpaired) electrons. The van der Waals surface area contributed by atoms with Gasteiger partial charge in [0.15, 0.2) is 0 Å². The number of hydrogen-bond acceptors (Lipinski definition) is 2. The number of thiol groups is 1. The molecule has 0 spiro atoms. The molecule has 94 valence electrons. The van der Waals surface area contributed by atoms with E-state index in [0.717, 1.165) is 17.4 Å². The van der Waals surface area contributed by atoms with Crippen molar-refractivity contribution in [2.24, 2.45) is 5.92 Å². The fraction of sp³-hybridized carbons (Fsp3) is 0.462. The van der Waals surface area contributed by atoms with Gasteiger partial charge in [0, 0.05) is 23.0 Å². The molecule has 1 aromatic carbocycles. The molecule has 1 amide bonds. The summed E-state index contributed by atoms with van der Waals surface area (Å²) < 4.78 is 0.934. The Morgan fingerprint density at radius 2 is 2.12 bits per heavy atom. The number of halogens is 1. The van der Waals surface area contributed by atoms with Crippen LogP contribution in [0.4, 0.5) is 0 Å². The van der Waals surface area contributed by atoms with Gasteiger partial charge in [-0.05, 0) is 30.5 Å². The molecule has 0 heterocycles. The van der Waals surface area contributed by atoms with Gasteiger partial charge < -0.3 is 4.90 Å². The van der Waals surface area contributed by atoms with E-state index in [1.54, 1.807) is 11.0 Å². The fourth-order valence-corrected chi connectivity index (χ4v) is 2.29. The van der Waals surface area contributed by atoms with Gasteiger partial charge in [-0.25, -0.2) is 0 Å². The molecule has 0 unspecified atom stereocenters. The van der Waals surface area contributed by atoms with Crippen LogP contribution in [-0.2, 0) is 0 Å². The van der Waals surface area contributed by atoms with Gasteiger partial charge in [0.05, 0.1) is 5.56 Å². The minimum absolute atomic E-state index is 0.0307. The summed E-state index contributed by atoms with van der Waals surface area (Å²) in [4.78, 5) is 14.6. The first kappa shape index (κ1) is 14.6. The Morgan fingerprint density at radius 1 is 1.47 bits per heavy atom. The summed E-state index contributed by atoms with van der Waals surface area (Å²) in [5.74, 6) is 0.633. The van der Waals surface area contributed by atoms with Crippen LogP contribution < -0.4 is 0 Å². The quantitative estimate of drug-likeness (QED) is 0.837. The summed E-state index contributed by atoms with van der Waals surface area (Å²) in [5.41, 5.74) is 0.655. The second kappa shape index (κ2) is 6.45. The van der Waals surface area contributed by atoms with E-state index in [-0.39, 0.29) is 5.91 Å². The molecule has 17 heavy (non-hydrogen) atoms. The van der Waals surface area contributed by atoms with Crippen LogP contribution in [0.25, 0.3) is 0 Å². The van der Waals surface area contributed by atoms with Gasteiger partial charge in [0.25, 0.3) is 5.91 Å². The van der Waals surface area contributed by atoms with Crippen molar-refractivity contribution in [3.05, 3.63) is 28.2 Å². The number of nitrogens with zero attached hydrogens (tertiary/aromatic N) is 1. The highest BCUT2D eigenvalue weighted by Crippen LogP contribution is 2.21. The molecule has 2 nitrogen and oxygen atoms in total. The molecule has 0 bridgehead atoms. The zero-order valence-electron chi connectivity index (χ0n) is 10.4. The van der Waals surface area contributed by atoms with Crippen LogP contribution in [0.15, 0.2) is 27.6 Å². The molecule has 4 heteroatoms. The highest BCUT2D eigenvalue weighted by Gasteiger charge is 2.14. The van der Waals surface area contributed by atoms with Gasteiger partial charge in [-0.15, -0.1) is 12.6 Å². The van der Waals surface area contributed by atoms with Gasteiger partial charge in [-0.2, -0.15) is 0 Å². The molecule has 1 aromatic rings. The van der Waals surface area contributed by atoms with Gasteiger partial charge in [-0.3, -0.25) is 4.79 Å². The minimum atomic E-state index is 0.0307. The van der Waals surface area contributed by atoms with Crippen LogP contribution in [0.2, 0.25) is 0 Å². The van der Waals surface area contributed by atoms with Gasteiger partial charge >= 0.3 is 0 Å². The summed E-state index contributed by atoms with van der Waals surface area (Å²) in [6.07, 6.45) is 1.01. The fourth-order valence-electron chi connectivity index (χ4n) is 1.44. The smallest absolute Gasteiger partial charge is 0.254 e. The Bertz CT molecular complexity index is 406. The molecule has 0 aliphatic rings.